The van der Waals surface area contributed by atoms with Crippen LogP contribution in [-0.2, 0) is 0 Å². The van der Waals surface area contributed by atoms with Gasteiger partial charge in [0.25, 0.3) is 0 Å². The maximum Gasteiger partial charge on any atom is 1.00 e. The number of carbonyl (C=O) groups is 1. The molecule has 0 spiro atoms. The first-order valence-corrected chi connectivity index (χ1v) is 0.612. The average Bonchev–Trinajstić information content (AvgIpc) is 1.38. The zero-order valence-electron chi connectivity index (χ0n) is 3.72. The van der Waals surface area contributed by atoms with Crippen molar-refractivity contribution in [1.82, 2.24) is 0 Å². The molecule has 0 bridgehead atoms. The molecule has 0 rings (SSSR count). The van der Waals surface area contributed by atoms with Gasteiger partial charge in [0, 0.05) is 0 Å². The Hall–Kier alpha value is 0.906. The maximum atomic E-state index is 8.85. The van der Waals surface area contributed by atoms with Gasteiger partial charge in [0.15, 0.2) is 1.43 Å². The monoisotopic (exact) mass is 101 g/mol. The zero-order valence-corrected chi connectivity index (χ0v) is 5.85. The second-order valence-corrected chi connectivity index (χ2v) is 0.250. The standard InChI is InChI=1S/CH2O3.K/c2-1(3)4;/h(H2,2,3,4);/q;+1/p-1/i/hD. The molecule has 0 unspecified atom stereocenters. The Balaban J connectivity index is 0. The van der Waals surface area contributed by atoms with Gasteiger partial charge in [-0.2, -0.15) is 0 Å². The van der Waals surface area contributed by atoms with Crippen LogP contribution in [0.4, 0.5) is 4.79 Å². The van der Waals surface area contributed by atoms with Gasteiger partial charge < -0.3 is 15.0 Å². The van der Waals surface area contributed by atoms with E-state index in [-0.39, 0.29) is 51.4 Å². The largest absolute Gasteiger partial charge is 1.00 e. The van der Waals surface area contributed by atoms with Crippen LogP contribution in [0.25, 0.3) is 1.43 Å². The Morgan fingerprint density at radius 2 is 2.40 bits per heavy atom. The van der Waals surface area contributed by atoms with Crippen molar-refractivity contribution in [2.45, 2.75) is 0 Å². The van der Waals surface area contributed by atoms with Crippen LogP contribution < -0.4 is 56.5 Å². The fourth-order valence-corrected chi connectivity index (χ4v) is 0. The molecule has 0 aliphatic rings. The Labute approximate surface area is 72.9 Å². The SMILES string of the molecule is [2H]OC(=O)[O-].[K+]. The van der Waals surface area contributed by atoms with Crippen LogP contribution >= 0.6 is 0 Å². The van der Waals surface area contributed by atoms with Gasteiger partial charge in [-0.3, -0.25) is 0 Å². The van der Waals surface area contributed by atoms with Crippen LogP contribution in [0, 0.1) is 0 Å². The van der Waals surface area contributed by atoms with Gasteiger partial charge in [-0.1, -0.05) is 0 Å². The molecule has 0 aliphatic heterocycles. The van der Waals surface area contributed by atoms with Crippen molar-refractivity contribution in [3.05, 3.63) is 0 Å². The van der Waals surface area contributed by atoms with Gasteiger partial charge in [0.1, 0.15) is 0 Å². The molecule has 0 aromatic heterocycles. The van der Waals surface area contributed by atoms with E-state index in [9.17, 15) is 0 Å². The third-order valence-corrected chi connectivity index (χ3v) is 0. The Bertz CT molecular complexity index is 46.1. The van der Waals surface area contributed by atoms with Crippen LogP contribution in [0.3, 0.4) is 0 Å². The Morgan fingerprint density at radius 1 is 2.20 bits per heavy atom. The van der Waals surface area contributed by atoms with Crippen molar-refractivity contribution in [2.75, 3.05) is 0 Å². The van der Waals surface area contributed by atoms with E-state index in [2.05, 4.69) is 5.11 Å². The van der Waals surface area contributed by atoms with Crippen LogP contribution in [0.2, 0.25) is 0 Å². The van der Waals surface area contributed by atoms with E-state index < -0.39 is 6.16 Å². The fraction of sp³-hybridized carbons (Fsp3) is 0. The fourth-order valence-electron chi connectivity index (χ4n) is 0. The van der Waals surface area contributed by atoms with Crippen LogP contribution in [0.5, 0.6) is 0 Å². The van der Waals surface area contributed by atoms with Gasteiger partial charge >= 0.3 is 51.4 Å². The van der Waals surface area contributed by atoms with Crippen molar-refractivity contribution < 1.29 is 66.4 Å². The molecule has 0 saturated carbocycles. The van der Waals surface area contributed by atoms with Crippen molar-refractivity contribution in [3.63, 3.8) is 0 Å². The van der Waals surface area contributed by atoms with Crippen molar-refractivity contribution in [3.8, 4) is 0 Å². The summed E-state index contributed by atoms with van der Waals surface area (Å²) in [6.07, 6.45) is -1.83. The molecule has 0 heterocycles. The van der Waals surface area contributed by atoms with E-state index in [0.717, 1.165) is 0 Å². The first-order valence-electron chi connectivity index (χ1n) is 1.02. The van der Waals surface area contributed by atoms with Gasteiger partial charge in [-0.15, -0.1) is 0 Å². The second-order valence-electron chi connectivity index (χ2n) is 0.250. The Morgan fingerprint density at radius 3 is 2.40 bits per heavy atom. The van der Waals surface area contributed by atoms with Gasteiger partial charge in [-0.25, -0.2) is 0 Å². The van der Waals surface area contributed by atoms with Gasteiger partial charge in [-0.05, 0) is 0 Å². The number of hydrogen-bond acceptors (Lipinski definition) is 3. The van der Waals surface area contributed by atoms with Crippen LogP contribution in [0.15, 0.2) is 0 Å². The predicted octanol–water partition coefficient (Wildman–Crippen LogP) is -4.11. The number of rotatable bonds is 0. The van der Waals surface area contributed by atoms with E-state index in [0.29, 0.717) is 0 Å². The topological polar surface area (TPSA) is 60.4 Å². The molecule has 0 radical (unpaired) electrons. The summed E-state index contributed by atoms with van der Waals surface area (Å²) in [6, 6.07) is 0. The normalized spacial score (nSPS) is 6.80. The van der Waals surface area contributed by atoms with Crippen LogP contribution in [-0.4, -0.2) is 11.3 Å². The maximum absolute atomic E-state index is 8.85. The molecular formula is CHKO3. The molecular weight excluding hydrogens is 99.1 g/mol. The summed E-state index contributed by atoms with van der Waals surface area (Å²) in [7, 11) is 0. The molecule has 0 aliphatic carbocycles. The minimum atomic E-state index is -1.83. The Kier molecular flexibility index (Phi) is 5.80. The molecule has 0 aromatic carbocycles. The van der Waals surface area contributed by atoms with E-state index in [1.807, 2.05) is 0 Å². The molecule has 0 atom stereocenters. The molecule has 0 saturated heterocycles. The summed E-state index contributed by atoms with van der Waals surface area (Å²) in [4.78, 5) is 8.85. The molecule has 24 valence electrons. The summed E-state index contributed by atoms with van der Waals surface area (Å²) in [5.41, 5.74) is 0. The van der Waals surface area contributed by atoms with E-state index in [1.165, 1.54) is 0 Å². The van der Waals surface area contributed by atoms with Crippen molar-refractivity contribution in [2.24, 2.45) is 0 Å². The van der Waals surface area contributed by atoms with E-state index in [1.54, 1.807) is 0 Å². The van der Waals surface area contributed by atoms with Crippen molar-refractivity contribution >= 4 is 6.16 Å². The van der Waals surface area contributed by atoms with Crippen molar-refractivity contribution in [1.29, 1.82) is 1.43 Å². The minimum Gasteiger partial charge on any atom is -0.565 e. The predicted molar refractivity (Wildman–Crippen MR) is 8.02 cm³/mol. The quantitative estimate of drug-likeness (QED) is 0.315. The first kappa shape index (κ1) is 5.91. The third-order valence-electron chi connectivity index (χ3n) is 0. The molecule has 3 nitrogen and oxygen atoms in total. The summed E-state index contributed by atoms with van der Waals surface area (Å²) in [5, 5.41) is 11.7. The molecule has 0 aromatic rings. The molecule has 5 heavy (non-hydrogen) atoms. The molecule has 0 fully saturated rings. The molecule has 4 heteroatoms. The smallest absolute Gasteiger partial charge is 0.565 e. The second kappa shape index (κ2) is 4.91. The zero-order chi connectivity index (χ0) is 4.28. The van der Waals surface area contributed by atoms with Gasteiger partial charge in [0.2, 0.25) is 6.16 Å². The van der Waals surface area contributed by atoms with Crippen LogP contribution in [0.1, 0.15) is 0 Å². The summed E-state index contributed by atoms with van der Waals surface area (Å²) < 4.78 is 5.50. The third kappa shape index (κ3) is 50.4. The first-order chi connectivity index (χ1) is 2.27. The molecule has 0 amide bonds. The number of carboxylic acid groups (broad SMARTS) is 2. The minimum absolute atomic E-state index is 0. The average molecular weight is 101 g/mol. The summed E-state index contributed by atoms with van der Waals surface area (Å²) in [6.45, 7) is 0. The van der Waals surface area contributed by atoms with Gasteiger partial charge in [0.05, 0.1) is 0 Å². The summed E-state index contributed by atoms with van der Waals surface area (Å²) >= 11 is 0. The van der Waals surface area contributed by atoms with E-state index in [4.69, 9.17) is 11.3 Å². The molecule has 1 N–H and O–H groups in total. The van der Waals surface area contributed by atoms with E-state index >= 15 is 0 Å². The number of hydrogen-bond donors (Lipinski definition) is 1. The summed E-state index contributed by atoms with van der Waals surface area (Å²) in [5.74, 6) is 0.